The van der Waals surface area contributed by atoms with E-state index in [1.165, 1.54) is 0 Å². The van der Waals surface area contributed by atoms with Crippen molar-refractivity contribution in [2.75, 3.05) is 32.9 Å². The molecule has 2 atom stereocenters. The summed E-state index contributed by atoms with van der Waals surface area (Å²) in [5.41, 5.74) is 0.846. The van der Waals surface area contributed by atoms with Gasteiger partial charge in [0.15, 0.2) is 6.10 Å². The molecule has 1 aromatic carbocycles. The van der Waals surface area contributed by atoms with Crippen LogP contribution in [0.3, 0.4) is 0 Å². The number of rotatable bonds is 17. The summed E-state index contributed by atoms with van der Waals surface area (Å²) in [7, 11) is 0. The first-order valence-electron chi connectivity index (χ1n) is 11.9. The van der Waals surface area contributed by atoms with Crippen LogP contribution in [0.4, 0.5) is 4.79 Å². The molecule has 1 aromatic rings. The first kappa shape index (κ1) is 28.7. The van der Waals surface area contributed by atoms with Gasteiger partial charge in [-0.3, -0.25) is 0 Å². The van der Waals surface area contributed by atoms with E-state index < -0.39 is 12.1 Å². The fourth-order valence-electron chi connectivity index (χ4n) is 2.88. The number of benzene rings is 1. The van der Waals surface area contributed by atoms with Crippen LogP contribution in [0.15, 0.2) is 24.3 Å². The summed E-state index contributed by atoms with van der Waals surface area (Å²) in [4.78, 5) is 25.5. The topological polar surface area (TPSA) is 94.5 Å². The summed E-state index contributed by atoms with van der Waals surface area (Å²) in [5, 5.41) is 9.32. The van der Waals surface area contributed by atoms with E-state index in [-0.39, 0.29) is 24.7 Å². The zero-order chi connectivity index (χ0) is 24.6. The lowest BCUT2D eigenvalue weighted by atomic mass is 10.1. The first-order chi connectivity index (χ1) is 15.8. The van der Waals surface area contributed by atoms with Crippen LogP contribution in [-0.4, -0.2) is 73.3 Å². The molecule has 2 unspecified atom stereocenters. The SMILES string of the molecule is CCCCOCCN(CCOc1ccc(CC(OC(C)C)C(=O)O)cc1)C(=O)OC(C)CC. The Hall–Kier alpha value is -2.32. The van der Waals surface area contributed by atoms with Gasteiger partial charge in [-0.2, -0.15) is 0 Å². The van der Waals surface area contributed by atoms with Crippen LogP contribution in [0.25, 0.3) is 0 Å². The van der Waals surface area contributed by atoms with Crippen molar-refractivity contribution in [3.63, 3.8) is 0 Å². The average Bonchev–Trinajstić information content (AvgIpc) is 2.77. The molecule has 0 aliphatic heterocycles. The summed E-state index contributed by atoms with van der Waals surface area (Å²) in [6.07, 6.45) is 1.51. The number of hydrogen-bond donors (Lipinski definition) is 1. The molecule has 0 aromatic heterocycles. The van der Waals surface area contributed by atoms with Crippen LogP contribution in [0.2, 0.25) is 0 Å². The van der Waals surface area contributed by atoms with E-state index >= 15 is 0 Å². The lowest BCUT2D eigenvalue weighted by Crippen LogP contribution is -2.39. The van der Waals surface area contributed by atoms with Gasteiger partial charge in [-0.05, 0) is 51.3 Å². The number of unbranched alkanes of at least 4 members (excludes halogenated alkanes) is 1. The maximum Gasteiger partial charge on any atom is 0.410 e. The third kappa shape index (κ3) is 12.5. The number of amides is 1. The summed E-state index contributed by atoms with van der Waals surface area (Å²) in [5.74, 6) is -0.336. The summed E-state index contributed by atoms with van der Waals surface area (Å²) in [6, 6.07) is 7.23. The minimum Gasteiger partial charge on any atom is -0.492 e. The second kappa shape index (κ2) is 16.3. The molecule has 0 spiro atoms. The van der Waals surface area contributed by atoms with Crippen LogP contribution < -0.4 is 4.74 Å². The third-order valence-electron chi connectivity index (χ3n) is 4.97. The minimum atomic E-state index is -0.980. The van der Waals surface area contributed by atoms with Crippen molar-refractivity contribution in [3.8, 4) is 5.75 Å². The monoisotopic (exact) mass is 467 g/mol. The lowest BCUT2D eigenvalue weighted by molar-refractivity contribution is -0.153. The van der Waals surface area contributed by atoms with Crippen LogP contribution in [0, 0.1) is 0 Å². The fourth-order valence-corrected chi connectivity index (χ4v) is 2.88. The Morgan fingerprint density at radius 3 is 2.24 bits per heavy atom. The molecule has 0 saturated carbocycles. The molecule has 0 radical (unpaired) electrons. The van der Waals surface area contributed by atoms with Crippen molar-refractivity contribution in [2.45, 2.75) is 78.6 Å². The zero-order valence-corrected chi connectivity index (χ0v) is 20.7. The molecule has 0 aliphatic carbocycles. The molecule has 8 nitrogen and oxygen atoms in total. The van der Waals surface area contributed by atoms with E-state index in [2.05, 4.69) is 6.92 Å². The zero-order valence-electron chi connectivity index (χ0n) is 20.7. The van der Waals surface area contributed by atoms with E-state index in [0.29, 0.717) is 38.7 Å². The van der Waals surface area contributed by atoms with E-state index in [0.717, 1.165) is 24.8 Å². The van der Waals surface area contributed by atoms with Gasteiger partial charge < -0.3 is 29.0 Å². The molecular weight excluding hydrogens is 426 g/mol. The number of ether oxygens (including phenoxy) is 4. The molecule has 188 valence electrons. The lowest BCUT2D eigenvalue weighted by Gasteiger charge is -2.24. The van der Waals surface area contributed by atoms with Gasteiger partial charge in [0.1, 0.15) is 18.5 Å². The highest BCUT2D eigenvalue weighted by molar-refractivity contribution is 5.72. The molecule has 0 saturated heterocycles. The van der Waals surface area contributed by atoms with Crippen LogP contribution in [0.1, 0.15) is 59.4 Å². The second-order valence-electron chi connectivity index (χ2n) is 8.26. The van der Waals surface area contributed by atoms with Gasteiger partial charge in [0.05, 0.1) is 19.3 Å². The molecule has 0 aliphatic rings. The van der Waals surface area contributed by atoms with Crippen molar-refractivity contribution < 1.29 is 33.6 Å². The second-order valence-corrected chi connectivity index (χ2v) is 8.26. The molecule has 1 amide bonds. The number of carbonyl (C=O) groups is 2. The number of carboxylic acids is 1. The molecule has 1 rings (SSSR count). The van der Waals surface area contributed by atoms with Gasteiger partial charge in [-0.25, -0.2) is 9.59 Å². The standard InChI is InChI=1S/C25H41NO7/c1-6-8-15-30-16-13-26(25(29)33-20(5)7-2)14-17-31-22-11-9-21(10-12-22)18-23(24(27)28)32-19(3)4/h9-12,19-20,23H,6-8,13-18H2,1-5H3,(H,27,28). The van der Waals surface area contributed by atoms with Crippen molar-refractivity contribution in [1.29, 1.82) is 0 Å². The smallest absolute Gasteiger partial charge is 0.410 e. The first-order valence-corrected chi connectivity index (χ1v) is 11.9. The van der Waals surface area contributed by atoms with Crippen LogP contribution in [0.5, 0.6) is 5.75 Å². The highest BCUT2D eigenvalue weighted by Crippen LogP contribution is 2.15. The normalized spacial score (nSPS) is 12.9. The summed E-state index contributed by atoms with van der Waals surface area (Å²) >= 11 is 0. The van der Waals surface area contributed by atoms with E-state index in [4.69, 9.17) is 18.9 Å². The predicted molar refractivity (Wildman–Crippen MR) is 127 cm³/mol. The molecule has 8 heteroatoms. The highest BCUT2D eigenvalue weighted by Gasteiger charge is 2.20. The Bertz CT molecular complexity index is 678. The molecule has 1 N–H and O–H groups in total. The van der Waals surface area contributed by atoms with Gasteiger partial charge in [-0.1, -0.05) is 32.4 Å². The Balaban J connectivity index is 2.58. The maximum atomic E-state index is 12.5. The third-order valence-corrected chi connectivity index (χ3v) is 4.97. The molecule has 0 bridgehead atoms. The van der Waals surface area contributed by atoms with Crippen molar-refractivity contribution in [2.24, 2.45) is 0 Å². The van der Waals surface area contributed by atoms with Gasteiger partial charge in [0.25, 0.3) is 0 Å². The summed E-state index contributed by atoms with van der Waals surface area (Å²) in [6.45, 7) is 11.8. The molecule has 0 fully saturated rings. The number of hydrogen-bond acceptors (Lipinski definition) is 6. The van der Waals surface area contributed by atoms with Crippen molar-refractivity contribution >= 4 is 12.1 Å². The molecule has 0 heterocycles. The van der Waals surface area contributed by atoms with E-state index in [1.807, 2.05) is 39.8 Å². The molecule has 33 heavy (non-hydrogen) atoms. The van der Waals surface area contributed by atoms with Crippen molar-refractivity contribution in [3.05, 3.63) is 29.8 Å². The highest BCUT2D eigenvalue weighted by atomic mass is 16.6. The Morgan fingerprint density at radius 1 is 1.00 bits per heavy atom. The van der Waals surface area contributed by atoms with E-state index in [9.17, 15) is 14.7 Å². The quantitative estimate of drug-likeness (QED) is 0.336. The number of carbonyl (C=O) groups excluding carboxylic acids is 1. The van der Waals surface area contributed by atoms with E-state index in [1.54, 1.807) is 17.0 Å². The Kier molecular flexibility index (Phi) is 14.2. The number of aliphatic carboxylic acids is 1. The number of carboxylic acid groups (broad SMARTS) is 1. The molecular formula is C25H41NO7. The van der Waals surface area contributed by atoms with Gasteiger partial charge in [0, 0.05) is 19.6 Å². The average molecular weight is 468 g/mol. The fraction of sp³-hybridized carbons (Fsp3) is 0.680. The number of nitrogens with zero attached hydrogens (tertiary/aromatic N) is 1. The summed E-state index contributed by atoms with van der Waals surface area (Å²) < 4.78 is 22.3. The maximum absolute atomic E-state index is 12.5. The van der Waals surface area contributed by atoms with Gasteiger partial charge >= 0.3 is 12.1 Å². The van der Waals surface area contributed by atoms with Crippen LogP contribution in [-0.2, 0) is 25.4 Å². The minimum absolute atomic E-state index is 0.149. The van der Waals surface area contributed by atoms with Crippen molar-refractivity contribution in [1.82, 2.24) is 4.90 Å². The largest absolute Gasteiger partial charge is 0.492 e. The predicted octanol–water partition coefficient (Wildman–Crippen LogP) is 4.54. The van der Waals surface area contributed by atoms with Gasteiger partial charge in [0.2, 0.25) is 0 Å². The van der Waals surface area contributed by atoms with Crippen LogP contribution >= 0.6 is 0 Å². The van der Waals surface area contributed by atoms with Gasteiger partial charge in [-0.15, -0.1) is 0 Å². The Labute approximate surface area is 198 Å². The Morgan fingerprint density at radius 2 is 1.67 bits per heavy atom.